The van der Waals surface area contributed by atoms with Crippen LogP contribution in [0, 0.1) is 12.7 Å². The van der Waals surface area contributed by atoms with Gasteiger partial charge in [-0.3, -0.25) is 4.79 Å². The minimum Gasteiger partial charge on any atom is -0.441 e. The second-order valence-corrected chi connectivity index (χ2v) is 7.81. The first-order chi connectivity index (χ1) is 11.8. The Morgan fingerprint density at radius 3 is 2.56 bits per heavy atom. The number of sulfone groups is 1. The summed E-state index contributed by atoms with van der Waals surface area (Å²) in [4.78, 5) is 16.4. The molecule has 0 saturated heterocycles. The first-order valence-electron chi connectivity index (χ1n) is 7.45. The van der Waals surface area contributed by atoms with E-state index in [2.05, 4.69) is 10.3 Å². The molecule has 1 aromatic heterocycles. The molecule has 0 fully saturated rings. The number of halogens is 1. The van der Waals surface area contributed by atoms with Crippen molar-refractivity contribution < 1.29 is 22.0 Å². The highest BCUT2D eigenvalue weighted by Gasteiger charge is 2.30. The van der Waals surface area contributed by atoms with Gasteiger partial charge in [0.2, 0.25) is 5.91 Å². The average molecular weight is 362 g/mol. The third-order valence-electron chi connectivity index (χ3n) is 3.74. The highest BCUT2D eigenvalue weighted by atomic mass is 32.2. The summed E-state index contributed by atoms with van der Waals surface area (Å²) in [6.45, 7) is 2.99. The van der Waals surface area contributed by atoms with Crippen molar-refractivity contribution in [2.45, 2.75) is 24.0 Å². The van der Waals surface area contributed by atoms with E-state index in [-0.39, 0.29) is 4.90 Å². The predicted molar refractivity (Wildman–Crippen MR) is 90.4 cm³/mol. The van der Waals surface area contributed by atoms with Crippen molar-refractivity contribution in [1.29, 1.82) is 0 Å². The molecule has 1 amide bonds. The number of oxazole rings is 1. The van der Waals surface area contributed by atoms with Crippen LogP contribution in [0.2, 0.25) is 0 Å². The number of aryl methyl sites for hydroxylation is 1. The summed E-state index contributed by atoms with van der Waals surface area (Å²) in [5.74, 6) is -0.752. The number of nitrogens with one attached hydrogen (secondary N) is 1. The minimum atomic E-state index is -3.93. The van der Waals surface area contributed by atoms with Crippen molar-refractivity contribution in [1.82, 2.24) is 4.98 Å². The topological polar surface area (TPSA) is 89.3 Å². The van der Waals surface area contributed by atoms with Crippen LogP contribution in [-0.4, -0.2) is 24.6 Å². The highest BCUT2D eigenvalue weighted by Crippen LogP contribution is 2.22. The maximum Gasteiger partial charge on any atom is 0.242 e. The van der Waals surface area contributed by atoms with Gasteiger partial charge in [0.05, 0.1) is 4.90 Å². The van der Waals surface area contributed by atoms with E-state index in [9.17, 15) is 17.6 Å². The van der Waals surface area contributed by atoms with E-state index < -0.39 is 26.8 Å². The van der Waals surface area contributed by atoms with Gasteiger partial charge in [0.1, 0.15) is 16.6 Å². The molecule has 3 aromatic rings. The maximum atomic E-state index is 13.0. The van der Waals surface area contributed by atoms with Gasteiger partial charge in [-0.25, -0.2) is 17.8 Å². The lowest BCUT2D eigenvalue weighted by Crippen LogP contribution is -2.32. The van der Waals surface area contributed by atoms with Gasteiger partial charge >= 0.3 is 0 Å². The summed E-state index contributed by atoms with van der Waals surface area (Å²) in [5.41, 5.74) is 1.53. The molecule has 0 aliphatic rings. The number of aromatic nitrogens is 1. The summed E-state index contributed by atoms with van der Waals surface area (Å²) in [6.07, 6.45) is 0. The number of hydrogen-bond acceptors (Lipinski definition) is 5. The summed E-state index contributed by atoms with van der Waals surface area (Å²) in [5, 5.41) is 1.21. The van der Waals surface area contributed by atoms with Gasteiger partial charge in [0.25, 0.3) is 0 Å². The largest absolute Gasteiger partial charge is 0.441 e. The molecule has 0 aliphatic heterocycles. The van der Waals surface area contributed by atoms with Gasteiger partial charge in [0, 0.05) is 18.7 Å². The van der Waals surface area contributed by atoms with Crippen molar-refractivity contribution in [3.05, 3.63) is 54.2 Å². The summed E-state index contributed by atoms with van der Waals surface area (Å²) in [7, 11) is -3.93. The van der Waals surface area contributed by atoms with Gasteiger partial charge in [-0.05, 0) is 43.3 Å². The van der Waals surface area contributed by atoms with Crippen LogP contribution < -0.4 is 5.32 Å². The van der Waals surface area contributed by atoms with Crippen LogP contribution in [0.3, 0.4) is 0 Å². The Hall–Kier alpha value is -2.74. The molecule has 1 heterocycles. The number of anilines is 1. The van der Waals surface area contributed by atoms with Gasteiger partial charge in [-0.2, -0.15) is 0 Å². The van der Waals surface area contributed by atoms with E-state index in [0.717, 1.165) is 24.3 Å². The monoisotopic (exact) mass is 362 g/mol. The van der Waals surface area contributed by atoms with E-state index in [1.54, 1.807) is 25.1 Å². The van der Waals surface area contributed by atoms with Crippen molar-refractivity contribution in [3.63, 3.8) is 0 Å². The molecule has 0 saturated carbocycles. The van der Waals surface area contributed by atoms with E-state index in [0.29, 0.717) is 22.7 Å². The number of fused-ring (bicyclic) bond motifs is 1. The molecule has 1 atom stereocenters. The quantitative estimate of drug-likeness (QED) is 0.721. The summed E-state index contributed by atoms with van der Waals surface area (Å²) in [6, 6.07) is 9.20. The van der Waals surface area contributed by atoms with Crippen molar-refractivity contribution in [2.24, 2.45) is 0 Å². The van der Waals surface area contributed by atoms with Crippen molar-refractivity contribution >= 4 is 32.5 Å². The fourth-order valence-electron chi connectivity index (χ4n) is 2.33. The molecule has 0 aliphatic carbocycles. The van der Waals surface area contributed by atoms with Crippen LogP contribution in [0.5, 0.6) is 0 Å². The second kappa shape index (κ2) is 6.29. The Morgan fingerprint density at radius 1 is 1.20 bits per heavy atom. The molecule has 130 valence electrons. The number of hydrogen-bond donors (Lipinski definition) is 1. The van der Waals surface area contributed by atoms with Crippen LogP contribution in [0.15, 0.2) is 51.8 Å². The van der Waals surface area contributed by atoms with Gasteiger partial charge in [-0.1, -0.05) is 0 Å². The van der Waals surface area contributed by atoms with Gasteiger partial charge in [-0.15, -0.1) is 0 Å². The molecule has 8 heteroatoms. The Kier molecular flexibility index (Phi) is 4.30. The molecular weight excluding hydrogens is 347 g/mol. The smallest absolute Gasteiger partial charge is 0.242 e. The molecule has 6 nitrogen and oxygen atoms in total. The summed E-state index contributed by atoms with van der Waals surface area (Å²) < 4.78 is 43.3. The molecule has 1 N–H and O–H groups in total. The minimum absolute atomic E-state index is 0.113. The van der Waals surface area contributed by atoms with Crippen molar-refractivity contribution in [3.8, 4) is 0 Å². The maximum absolute atomic E-state index is 13.0. The molecule has 0 bridgehead atoms. The Balaban J connectivity index is 1.82. The third kappa shape index (κ3) is 3.39. The molecule has 25 heavy (non-hydrogen) atoms. The number of benzene rings is 2. The molecular formula is C17H15FN2O4S. The summed E-state index contributed by atoms with van der Waals surface area (Å²) >= 11 is 0. The molecule has 3 rings (SSSR count). The zero-order valence-electron chi connectivity index (χ0n) is 13.5. The fourth-order valence-corrected chi connectivity index (χ4v) is 3.60. The molecule has 0 spiro atoms. The SMILES string of the molecule is Cc1nc2ccc(NC(=O)C(C)S(=O)(=O)c3ccc(F)cc3)cc2o1. The molecule has 2 aromatic carbocycles. The van der Waals surface area contributed by atoms with E-state index in [4.69, 9.17) is 4.42 Å². The van der Waals surface area contributed by atoms with E-state index in [1.165, 1.54) is 6.92 Å². The van der Waals surface area contributed by atoms with Crippen LogP contribution in [-0.2, 0) is 14.6 Å². The first-order valence-corrected chi connectivity index (χ1v) is 8.99. The van der Waals surface area contributed by atoms with Crippen LogP contribution in [0.4, 0.5) is 10.1 Å². The number of carbonyl (C=O) groups is 1. The van der Waals surface area contributed by atoms with Crippen LogP contribution in [0.1, 0.15) is 12.8 Å². The zero-order chi connectivity index (χ0) is 18.2. The van der Waals surface area contributed by atoms with Crippen LogP contribution in [0.25, 0.3) is 11.1 Å². The standard InChI is InChI=1S/C17H15FN2O4S/c1-10(25(22,23)14-6-3-12(18)4-7-14)17(21)20-13-5-8-15-16(9-13)24-11(2)19-15/h3-10H,1-2H3,(H,20,21). The Labute approximate surface area is 143 Å². The number of amides is 1. The van der Waals surface area contributed by atoms with Crippen molar-refractivity contribution in [2.75, 3.05) is 5.32 Å². The number of rotatable bonds is 4. The Morgan fingerprint density at radius 2 is 1.88 bits per heavy atom. The lowest BCUT2D eigenvalue weighted by molar-refractivity contribution is -0.115. The predicted octanol–water partition coefficient (Wildman–Crippen LogP) is 3.08. The normalized spacial score (nSPS) is 12.9. The van der Waals surface area contributed by atoms with E-state index in [1.807, 2.05) is 0 Å². The fraction of sp³-hybridized carbons (Fsp3) is 0.176. The number of nitrogens with zero attached hydrogens (tertiary/aromatic N) is 1. The lowest BCUT2D eigenvalue weighted by Gasteiger charge is -2.13. The van der Waals surface area contributed by atoms with E-state index >= 15 is 0 Å². The first kappa shape index (κ1) is 17.1. The Bertz CT molecular complexity index is 1040. The lowest BCUT2D eigenvalue weighted by atomic mass is 10.3. The second-order valence-electron chi connectivity index (χ2n) is 5.55. The number of carbonyl (C=O) groups excluding carboxylic acids is 1. The zero-order valence-corrected chi connectivity index (χ0v) is 14.3. The highest BCUT2D eigenvalue weighted by molar-refractivity contribution is 7.92. The van der Waals surface area contributed by atoms with Crippen LogP contribution >= 0.6 is 0 Å². The third-order valence-corrected chi connectivity index (χ3v) is 5.81. The van der Waals surface area contributed by atoms with Gasteiger partial charge in [0.15, 0.2) is 21.3 Å². The molecule has 1 unspecified atom stereocenters. The van der Waals surface area contributed by atoms with Gasteiger partial charge < -0.3 is 9.73 Å². The average Bonchev–Trinajstić information content (AvgIpc) is 2.93. The molecule has 0 radical (unpaired) electrons.